The van der Waals surface area contributed by atoms with Crippen LogP contribution < -0.4 is 0 Å². The normalized spacial score (nSPS) is 9.79. The monoisotopic (exact) mass is 297 g/mol. The van der Waals surface area contributed by atoms with E-state index in [4.69, 9.17) is 0 Å². The summed E-state index contributed by atoms with van der Waals surface area (Å²) in [6.07, 6.45) is 1.68. The highest BCUT2D eigenvalue weighted by Crippen LogP contribution is 2.18. The Morgan fingerprint density at radius 1 is 0.895 bits per heavy atom. The molecule has 0 saturated carbocycles. The average Bonchev–Trinajstić information content (AvgIpc) is 2.30. The van der Waals surface area contributed by atoms with Crippen LogP contribution in [0.5, 0.6) is 5.75 Å². The minimum Gasteiger partial charge on any atom is -0.507 e. The van der Waals surface area contributed by atoms with Crippen LogP contribution in [0.1, 0.15) is 16.7 Å². The van der Waals surface area contributed by atoms with E-state index in [1.54, 1.807) is 12.3 Å². The highest BCUT2D eigenvalue weighted by molar-refractivity contribution is 5.86. The van der Waals surface area contributed by atoms with Gasteiger partial charge >= 0.3 is 0 Å². The van der Waals surface area contributed by atoms with Gasteiger partial charge in [0.15, 0.2) is 0 Å². The van der Waals surface area contributed by atoms with Gasteiger partial charge in [0.25, 0.3) is 0 Å². The first-order valence-corrected chi connectivity index (χ1v) is 5.55. The molecule has 2 rings (SSSR count). The standard InChI is InChI=1S/C15H15NO.2ClH/c1-11-4-7-14(8-5-11)16-10-13-6-3-12(2)9-15(13)17;;/h3-10,17H,1-2H3;2*1H. The number of hydrogen-bond acceptors (Lipinski definition) is 2. The summed E-state index contributed by atoms with van der Waals surface area (Å²) >= 11 is 0. The molecule has 0 heterocycles. The van der Waals surface area contributed by atoms with E-state index in [9.17, 15) is 5.11 Å². The highest BCUT2D eigenvalue weighted by atomic mass is 35.5. The number of rotatable bonds is 2. The Labute approximate surface area is 126 Å². The van der Waals surface area contributed by atoms with Gasteiger partial charge < -0.3 is 5.11 Å². The van der Waals surface area contributed by atoms with E-state index < -0.39 is 0 Å². The van der Waals surface area contributed by atoms with Crippen LogP contribution in [0.2, 0.25) is 0 Å². The van der Waals surface area contributed by atoms with Crippen molar-refractivity contribution < 1.29 is 5.11 Å². The van der Waals surface area contributed by atoms with Crippen molar-refractivity contribution in [2.45, 2.75) is 13.8 Å². The molecule has 0 saturated heterocycles. The Bertz CT molecular complexity index is 551. The Morgan fingerprint density at radius 2 is 1.47 bits per heavy atom. The van der Waals surface area contributed by atoms with Crippen LogP contribution in [0.25, 0.3) is 0 Å². The van der Waals surface area contributed by atoms with Crippen LogP contribution in [-0.2, 0) is 0 Å². The molecule has 0 spiro atoms. The average molecular weight is 298 g/mol. The third kappa shape index (κ3) is 4.93. The van der Waals surface area contributed by atoms with Gasteiger partial charge in [-0.3, -0.25) is 4.99 Å². The summed E-state index contributed by atoms with van der Waals surface area (Å²) in [7, 11) is 0. The lowest BCUT2D eigenvalue weighted by molar-refractivity contribution is 0.474. The zero-order valence-electron chi connectivity index (χ0n) is 10.8. The molecule has 0 bridgehead atoms. The van der Waals surface area contributed by atoms with E-state index >= 15 is 0 Å². The lowest BCUT2D eigenvalue weighted by atomic mass is 10.1. The Hall–Kier alpha value is -1.51. The van der Waals surface area contributed by atoms with Gasteiger partial charge in [-0.2, -0.15) is 0 Å². The molecule has 2 aromatic rings. The summed E-state index contributed by atoms with van der Waals surface area (Å²) in [6.45, 7) is 3.99. The Kier molecular flexibility index (Phi) is 7.20. The fraction of sp³-hybridized carbons (Fsp3) is 0.133. The largest absolute Gasteiger partial charge is 0.507 e. The summed E-state index contributed by atoms with van der Waals surface area (Å²) < 4.78 is 0. The summed E-state index contributed by atoms with van der Waals surface area (Å²) in [5, 5.41) is 9.72. The van der Waals surface area contributed by atoms with E-state index in [1.165, 1.54) is 5.56 Å². The molecule has 0 unspecified atom stereocenters. The van der Waals surface area contributed by atoms with Gasteiger partial charge in [0, 0.05) is 11.8 Å². The zero-order chi connectivity index (χ0) is 12.3. The Morgan fingerprint density at radius 3 is 2.05 bits per heavy atom. The van der Waals surface area contributed by atoms with Gasteiger partial charge in [-0.25, -0.2) is 0 Å². The third-order valence-corrected chi connectivity index (χ3v) is 2.57. The first kappa shape index (κ1) is 17.5. The number of phenolic OH excluding ortho intramolecular Hbond substituents is 1. The smallest absolute Gasteiger partial charge is 0.124 e. The molecule has 0 aliphatic heterocycles. The molecule has 102 valence electrons. The summed E-state index contributed by atoms with van der Waals surface area (Å²) in [5.41, 5.74) is 3.86. The maximum atomic E-state index is 9.72. The molecule has 2 aromatic carbocycles. The molecule has 1 N–H and O–H groups in total. The zero-order valence-corrected chi connectivity index (χ0v) is 12.5. The topological polar surface area (TPSA) is 32.6 Å². The number of phenols is 1. The van der Waals surface area contributed by atoms with Gasteiger partial charge in [-0.15, -0.1) is 24.8 Å². The number of nitrogens with zero attached hydrogens (tertiary/aromatic N) is 1. The van der Waals surface area contributed by atoms with E-state index in [1.807, 2.05) is 50.2 Å². The lowest BCUT2D eigenvalue weighted by Gasteiger charge is -2.00. The van der Waals surface area contributed by atoms with Crippen molar-refractivity contribution in [2.75, 3.05) is 0 Å². The number of hydrogen-bond donors (Lipinski definition) is 1. The van der Waals surface area contributed by atoms with E-state index in [-0.39, 0.29) is 30.6 Å². The molecular formula is C15H17Cl2NO. The number of aromatic hydroxyl groups is 1. The molecule has 0 radical (unpaired) electrons. The fourth-order valence-corrected chi connectivity index (χ4v) is 1.54. The van der Waals surface area contributed by atoms with Crippen molar-refractivity contribution in [1.82, 2.24) is 0 Å². The van der Waals surface area contributed by atoms with E-state index in [0.717, 1.165) is 16.8 Å². The van der Waals surface area contributed by atoms with E-state index in [2.05, 4.69) is 4.99 Å². The first-order chi connectivity index (χ1) is 8.15. The quantitative estimate of drug-likeness (QED) is 0.807. The second-order valence-corrected chi connectivity index (χ2v) is 4.16. The first-order valence-electron chi connectivity index (χ1n) is 5.55. The molecule has 0 aliphatic rings. The number of benzene rings is 2. The van der Waals surface area contributed by atoms with Crippen molar-refractivity contribution in [1.29, 1.82) is 0 Å². The molecule has 19 heavy (non-hydrogen) atoms. The molecular weight excluding hydrogens is 281 g/mol. The van der Waals surface area contributed by atoms with Crippen molar-refractivity contribution in [3.63, 3.8) is 0 Å². The number of aliphatic imine (C=N–C) groups is 1. The van der Waals surface area contributed by atoms with Gasteiger partial charge in [0.1, 0.15) is 5.75 Å². The van der Waals surface area contributed by atoms with Gasteiger partial charge in [0.05, 0.1) is 5.69 Å². The predicted molar refractivity (Wildman–Crippen MR) is 85.8 cm³/mol. The maximum absolute atomic E-state index is 9.72. The van der Waals surface area contributed by atoms with Crippen LogP contribution >= 0.6 is 24.8 Å². The van der Waals surface area contributed by atoms with Crippen LogP contribution in [0, 0.1) is 13.8 Å². The SMILES string of the molecule is Cc1ccc(N=Cc2ccc(C)cc2O)cc1.Cl.Cl. The highest BCUT2D eigenvalue weighted by Gasteiger charge is 1.97. The van der Waals surface area contributed by atoms with Crippen LogP contribution in [0.3, 0.4) is 0 Å². The molecule has 0 fully saturated rings. The minimum absolute atomic E-state index is 0. The second kappa shape index (κ2) is 7.82. The van der Waals surface area contributed by atoms with Crippen molar-refractivity contribution in [3.05, 3.63) is 59.2 Å². The van der Waals surface area contributed by atoms with Crippen molar-refractivity contribution >= 4 is 36.7 Å². The van der Waals surface area contributed by atoms with E-state index in [0.29, 0.717) is 0 Å². The van der Waals surface area contributed by atoms with Gasteiger partial charge in [0.2, 0.25) is 0 Å². The second-order valence-electron chi connectivity index (χ2n) is 4.16. The molecule has 0 atom stereocenters. The Balaban J connectivity index is 0.00000162. The third-order valence-electron chi connectivity index (χ3n) is 2.57. The number of aryl methyl sites for hydroxylation is 2. The van der Waals surface area contributed by atoms with Crippen LogP contribution in [-0.4, -0.2) is 11.3 Å². The van der Waals surface area contributed by atoms with Crippen LogP contribution in [0.15, 0.2) is 47.5 Å². The molecule has 0 aromatic heterocycles. The minimum atomic E-state index is 0. The van der Waals surface area contributed by atoms with Crippen molar-refractivity contribution in [2.24, 2.45) is 4.99 Å². The molecule has 2 nitrogen and oxygen atoms in total. The summed E-state index contributed by atoms with van der Waals surface area (Å²) in [6, 6.07) is 13.5. The van der Waals surface area contributed by atoms with Gasteiger partial charge in [-0.05, 0) is 43.7 Å². The van der Waals surface area contributed by atoms with Crippen LogP contribution in [0.4, 0.5) is 5.69 Å². The lowest BCUT2D eigenvalue weighted by Crippen LogP contribution is -1.83. The molecule has 0 amide bonds. The van der Waals surface area contributed by atoms with Gasteiger partial charge in [-0.1, -0.05) is 23.8 Å². The molecule has 4 heteroatoms. The predicted octanol–water partition coefficient (Wildman–Crippen LogP) is 4.60. The number of halogens is 2. The summed E-state index contributed by atoms with van der Waals surface area (Å²) in [5.74, 6) is 0.265. The fourth-order valence-electron chi connectivity index (χ4n) is 1.54. The molecule has 0 aliphatic carbocycles. The summed E-state index contributed by atoms with van der Waals surface area (Å²) in [4.78, 5) is 4.32. The maximum Gasteiger partial charge on any atom is 0.124 e. The van der Waals surface area contributed by atoms with Crippen molar-refractivity contribution in [3.8, 4) is 5.75 Å².